The van der Waals surface area contributed by atoms with Crippen LogP contribution in [0.4, 0.5) is 5.69 Å². The molecular weight excluding hydrogens is 1120 g/mol. The third-order valence-corrected chi connectivity index (χ3v) is 18.9. The van der Waals surface area contributed by atoms with Crippen LogP contribution in [0.1, 0.15) is 62.5 Å². The minimum Gasteiger partial charge on any atom is -0.493 e. The summed E-state index contributed by atoms with van der Waals surface area (Å²) in [6, 6.07) is 22.2. The number of fused-ring (bicyclic) bond motifs is 2. The molecule has 2 fully saturated rings. The standard InChI is InChI=1S/C28H27Cl2N3O7S.C28H35N7O4S/c1-39-23-12-10-17(15-24(23)40-2)41(37,38)33-21-11-9-16(29)14-19(21)28(36,18-6-3-4-7-20(18)30)25(33)27(35)32-13-5-8-22(32)26(31)34;1-4-17-39-24-11-10-21(40(37,38)34-15-13-33(6-3)14-16-34)18-22(24)27-30-25-23(5-2)35(32-26(25)28(36)31-27)19-20-9-7-8-12-29-20/h3-4,6-7,9-12,14-15,22,25,36H,5,8,13H2,1-2H3,(H2,31,34);7-12,18H,4-6,13-17,19H2,1-3H3,(H,30,31,36)/t22-,25-,28+;/m0./s1. The van der Waals surface area contributed by atoms with Crippen molar-refractivity contribution in [3.05, 3.63) is 146 Å². The lowest BCUT2D eigenvalue weighted by Gasteiger charge is -2.38. The average Bonchev–Trinajstić information content (AvgIpc) is 2.10. The number of hydrogen-bond donors (Lipinski definition) is 3. The van der Waals surface area contributed by atoms with Gasteiger partial charge in [-0.2, -0.15) is 9.40 Å². The van der Waals surface area contributed by atoms with Gasteiger partial charge in [0.15, 0.2) is 23.1 Å². The van der Waals surface area contributed by atoms with Crippen LogP contribution >= 0.6 is 23.2 Å². The van der Waals surface area contributed by atoms with Crippen LogP contribution in [0.25, 0.3) is 22.4 Å². The van der Waals surface area contributed by atoms with E-state index in [9.17, 15) is 36.3 Å². The van der Waals surface area contributed by atoms with E-state index in [2.05, 4.69) is 26.9 Å². The Labute approximate surface area is 479 Å². The van der Waals surface area contributed by atoms with Gasteiger partial charge < -0.3 is 39.8 Å². The van der Waals surface area contributed by atoms with Crippen LogP contribution in [0, 0.1) is 0 Å². The summed E-state index contributed by atoms with van der Waals surface area (Å²) in [5, 5.41) is 17.5. The molecule has 10 rings (SSSR count). The number of aryl methyl sites for hydroxylation is 1. The molecule has 2 saturated heterocycles. The van der Waals surface area contributed by atoms with Gasteiger partial charge in [-0.15, -0.1) is 0 Å². The number of anilines is 1. The zero-order chi connectivity index (χ0) is 58.0. The van der Waals surface area contributed by atoms with Crippen molar-refractivity contribution in [1.82, 2.24) is 38.8 Å². The van der Waals surface area contributed by atoms with E-state index in [0.29, 0.717) is 81.2 Å². The number of aromatic amines is 1. The fourth-order valence-electron chi connectivity index (χ4n) is 10.6. The highest BCUT2D eigenvalue weighted by Crippen LogP contribution is 2.53. The summed E-state index contributed by atoms with van der Waals surface area (Å²) in [7, 11) is -5.56. The van der Waals surface area contributed by atoms with E-state index >= 15 is 0 Å². The predicted molar refractivity (Wildman–Crippen MR) is 306 cm³/mol. The van der Waals surface area contributed by atoms with Gasteiger partial charge in [0.05, 0.1) is 59.8 Å². The number of carbonyl (C=O) groups excluding carboxylic acids is 2. The van der Waals surface area contributed by atoms with Gasteiger partial charge in [0.2, 0.25) is 15.9 Å². The molecule has 7 aromatic rings. The second-order valence-corrected chi connectivity index (χ2v) is 24.1. The molecule has 21 nitrogen and oxygen atoms in total. The summed E-state index contributed by atoms with van der Waals surface area (Å²) in [5.74, 6) is -0.417. The molecule has 0 unspecified atom stereocenters. The lowest BCUT2D eigenvalue weighted by Crippen LogP contribution is -2.59. The highest BCUT2D eigenvalue weighted by atomic mass is 35.5. The number of rotatable bonds is 17. The summed E-state index contributed by atoms with van der Waals surface area (Å²) in [6.45, 7) is 10.1. The molecule has 81 heavy (non-hydrogen) atoms. The van der Waals surface area contributed by atoms with Gasteiger partial charge in [0.25, 0.3) is 21.5 Å². The number of likely N-dealkylation sites (N-methyl/N-ethyl adjacent to an activating group) is 1. The summed E-state index contributed by atoms with van der Waals surface area (Å²) in [4.78, 5) is 55.4. The average molecular weight is 1190 g/mol. The Bertz CT molecular complexity index is 3790. The fraction of sp³-hybridized carbons (Fsp3) is 0.357. The third kappa shape index (κ3) is 11.2. The molecule has 25 heteroatoms. The van der Waals surface area contributed by atoms with Crippen LogP contribution < -0.4 is 29.8 Å². The first-order chi connectivity index (χ1) is 38.8. The van der Waals surface area contributed by atoms with E-state index in [1.807, 2.05) is 32.0 Å². The maximum Gasteiger partial charge on any atom is 0.279 e. The van der Waals surface area contributed by atoms with Crippen LogP contribution in [0.2, 0.25) is 10.0 Å². The number of piperazine rings is 1. The Hall–Kier alpha value is -7.12. The van der Waals surface area contributed by atoms with Gasteiger partial charge in [-0.3, -0.25) is 24.0 Å². The highest BCUT2D eigenvalue weighted by Gasteiger charge is 2.61. The van der Waals surface area contributed by atoms with E-state index in [4.69, 9.17) is 48.1 Å². The van der Waals surface area contributed by atoms with E-state index in [0.717, 1.165) is 28.7 Å². The summed E-state index contributed by atoms with van der Waals surface area (Å²) >= 11 is 12.9. The first-order valence-corrected chi connectivity index (χ1v) is 30.0. The van der Waals surface area contributed by atoms with Crippen molar-refractivity contribution < 1.29 is 45.7 Å². The van der Waals surface area contributed by atoms with Gasteiger partial charge in [-0.25, -0.2) is 26.1 Å². The number of nitrogens with zero attached hydrogens (tertiary/aromatic N) is 8. The first-order valence-electron chi connectivity index (χ1n) is 26.3. The maximum atomic E-state index is 14.5. The smallest absolute Gasteiger partial charge is 0.279 e. The second kappa shape index (κ2) is 24.1. The number of aromatic nitrogens is 5. The molecule has 0 saturated carbocycles. The van der Waals surface area contributed by atoms with Crippen LogP contribution in [-0.2, 0) is 48.2 Å². The topological polar surface area (TPSA) is 266 Å². The van der Waals surface area contributed by atoms with E-state index in [1.54, 1.807) is 41.2 Å². The quantitative estimate of drug-likeness (QED) is 0.0915. The molecule has 428 valence electrons. The lowest BCUT2D eigenvalue weighted by atomic mass is 9.82. The number of benzene rings is 4. The number of methoxy groups -OCH3 is 2. The first kappa shape index (κ1) is 58.5. The van der Waals surface area contributed by atoms with Crippen LogP contribution in [-0.4, -0.2) is 145 Å². The van der Waals surface area contributed by atoms with Gasteiger partial charge in [-0.1, -0.05) is 68.2 Å². The molecule has 3 aliphatic rings. The number of aliphatic hydroxyl groups is 1. The molecule has 2 amide bonds. The molecular formula is C56H62Cl2N10O11S2. The zero-order valence-electron chi connectivity index (χ0n) is 45.2. The Balaban J connectivity index is 0.000000196. The number of pyridine rings is 1. The SMILES string of the molecule is CCCOc1ccc(S(=O)(=O)N2CCN(CC)CC2)cc1-c1nc2c(CC)n(Cc3ccccn3)nc2c(=O)[nH]1.COc1ccc(S(=O)(=O)N2c3ccc(Cl)cc3[C@](O)(c3ccccc3Cl)[C@@H]2C(=O)N2CCC[C@H]2C(N)=O)cc1OC. The van der Waals surface area contributed by atoms with Crippen molar-refractivity contribution in [1.29, 1.82) is 0 Å². The van der Waals surface area contributed by atoms with Crippen LogP contribution in [0.3, 0.4) is 0 Å². The van der Waals surface area contributed by atoms with Crippen molar-refractivity contribution >= 4 is 71.8 Å². The molecule has 3 atom stereocenters. The number of H-pyrrole nitrogens is 1. The monoisotopic (exact) mass is 1180 g/mol. The molecule has 0 bridgehead atoms. The van der Waals surface area contributed by atoms with Crippen LogP contribution in [0.5, 0.6) is 17.2 Å². The van der Waals surface area contributed by atoms with Crippen molar-refractivity contribution in [2.75, 3.05) is 64.4 Å². The van der Waals surface area contributed by atoms with E-state index < -0.39 is 55.1 Å². The van der Waals surface area contributed by atoms with Gasteiger partial charge >= 0.3 is 0 Å². The fourth-order valence-corrected chi connectivity index (χ4v) is 14.2. The summed E-state index contributed by atoms with van der Waals surface area (Å²) in [6.07, 6.45) is 3.86. The minimum atomic E-state index is -4.59. The maximum absolute atomic E-state index is 14.5. The number of primary amides is 1. The lowest BCUT2D eigenvalue weighted by molar-refractivity contribution is -0.141. The number of sulfonamides is 2. The third-order valence-electron chi connectivity index (χ3n) is 14.7. The molecule has 0 spiro atoms. The largest absolute Gasteiger partial charge is 0.493 e. The molecule has 0 aliphatic carbocycles. The molecule has 4 aromatic carbocycles. The number of carbonyl (C=O) groups is 2. The van der Waals surface area contributed by atoms with Crippen LogP contribution in [0.15, 0.2) is 118 Å². The molecule has 4 N–H and O–H groups in total. The van der Waals surface area contributed by atoms with Crippen molar-refractivity contribution in [2.24, 2.45) is 5.73 Å². The van der Waals surface area contributed by atoms with Crippen molar-refractivity contribution in [3.8, 4) is 28.6 Å². The number of halogens is 2. The minimum absolute atomic E-state index is 0.0137. The summed E-state index contributed by atoms with van der Waals surface area (Å²) in [5.41, 5.74) is 5.78. The zero-order valence-corrected chi connectivity index (χ0v) is 48.4. The number of nitrogens with one attached hydrogen (secondary N) is 1. The Morgan fingerprint density at radius 3 is 2.17 bits per heavy atom. The van der Waals surface area contributed by atoms with Crippen molar-refractivity contribution in [2.45, 2.75) is 80.5 Å². The van der Waals surface area contributed by atoms with Gasteiger partial charge in [-0.05, 0) is 99.0 Å². The molecule has 0 radical (unpaired) electrons. The predicted octanol–water partition coefficient (Wildman–Crippen LogP) is 6.21. The molecule has 6 heterocycles. The highest BCUT2D eigenvalue weighted by molar-refractivity contribution is 7.93. The normalized spacial score (nSPS) is 18.6. The number of hydrogen-bond acceptors (Lipinski definition) is 15. The number of ether oxygens (including phenoxy) is 3. The number of nitrogens with two attached hydrogens (primary N) is 1. The van der Waals surface area contributed by atoms with Gasteiger partial charge in [0.1, 0.15) is 28.7 Å². The number of amides is 2. The van der Waals surface area contributed by atoms with Crippen molar-refractivity contribution in [3.63, 3.8) is 0 Å². The van der Waals surface area contributed by atoms with E-state index in [1.165, 1.54) is 72.0 Å². The molecule has 3 aliphatic heterocycles. The number of likely N-dealkylation sites (tertiary alicyclic amines) is 1. The Kier molecular flexibility index (Phi) is 17.4. The Morgan fingerprint density at radius 1 is 0.815 bits per heavy atom. The Morgan fingerprint density at radius 2 is 1.52 bits per heavy atom. The summed E-state index contributed by atoms with van der Waals surface area (Å²) < 4.78 is 76.9. The van der Waals surface area contributed by atoms with E-state index in [-0.39, 0.29) is 60.3 Å². The molecule has 3 aromatic heterocycles. The second-order valence-electron chi connectivity index (χ2n) is 19.5. The van der Waals surface area contributed by atoms with Gasteiger partial charge in [0, 0.05) is 66.2 Å².